The van der Waals surface area contributed by atoms with Crippen LogP contribution in [0.1, 0.15) is 34.7 Å². The SMILES string of the molecule is COc1cccc([C@H]2C3=C(N=c4s/c(=C/c5cc(OC)ccc5OC)c(=O)n42)c2ccccc2CC3)c1. The molecule has 3 aromatic carbocycles. The summed E-state index contributed by atoms with van der Waals surface area (Å²) in [4.78, 5) is 19.7. The topological polar surface area (TPSA) is 62.0 Å². The van der Waals surface area contributed by atoms with Crippen LogP contribution < -0.4 is 29.1 Å². The molecule has 1 aliphatic heterocycles. The Morgan fingerprint density at radius 1 is 0.919 bits per heavy atom. The zero-order valence-corrected chi connectivity index (χ0v) is 21.7. The van der Waals surface area contributed by atoms with Gasteiger partial charge in [-0.2, -0.15) is 0 Å². The predicted octanol–water partition coefficient (Wildman–Crippen LogP) is 4.34. The summed E-state index contributed by atoms with van der Waals surface area (Å²) in [5, 5.41) is 0. The molecule has 1 aromatic heterocycles. The average Bonchev–Trinajstić information content (AvgIpc) is 3.25. The fourth-order valence-corrected chi connectivity index (χ4v) is 6.22. The zero-order valence-electron chi connectivity index (χ0n) is 20.9. The molecule has 0 radical (unpaired) electrons. The molecule has 4 aromatic rings. The van der Waals surface area contributed by atoms with E-state index in [2.05, 4.69) is 30.3 Å². The number of benzene rings is 3. The number of methoxy groups -OCH3 is 3. The van der Waals surface area contributed by atoms with Gasteiger partial charge in [-0.3, -0.25) is 9.36 Å². The van der Waals surface area contributed by atoms with Crippen LogP contribution in [-0.2, 0) is 6.42 Å². The first-order valence-electron chi connectivity index (χ1n) is 12.1. The minimum absolute atomic E-state index is 0.0770. The molecule has 0 amide bonds. The molecule has 0 spiro atoms. The van der Waals surface area contributed by atoms with Crippen LogP contribution in [-0.4, -0.2) is 25.9 Å². The van der Waals surface area contributed by atoms with Crippen LogP contribution in [0.3, 0.4) is 0 Å². The van der Waals surface area contributed by atoms with Gasteiger partial charge in [0.1, 0.15) is 17.2 Å². The number of hydrogen-bond acceptors (Lipinski definition) is 6. The highest BCUT2D eigenvalue weighted by Gasteiger charge is 2.32. The Kier molecular flexibility index (Phi) is 5.93. The first kappa shape index (κ1) is 23.3. The average molecular weight is 511 g/mol. The molecule has 7 heteroatoms. The summed E-state index contributed by atoms with van der Waals surface area (Å²) >= 11 is 1.39. The van der Waals surface area contributed by atoms with Crippen LogP contribution in [0.2, 0.25) is 0 Å². The van der Waals surface area contributed by atoms with E-state index in [0.29, 0.717) is 20.8 Å². The van der Waals surface area contributed by atoms with Gasteiger partial charge in [0.25, 0.3) is 5.56 Å². The van der Waals surface area contributed by atoms with Gasteiger partial charge in [-0.1, -0.05) is 47.7 Å². The molecule has 0 unspecified atom stereocenters. The van der Waals surface area contributed by atoms with Crippen LogP contribution in [0.25, 0.3) is 11.8 Å². The first-order chi connectivity index (χ1) is 18.1. The molecule has 1 aliphatic carbocycles. The van der Waals surface area contributed by atoms with Gasteiger partial charge in [-0.25, -0.2) is 4.99 Å². The largest absolute Gasteiger partial charge is 0.497 e. The van der Waals surface area contributed by atoms with Crippen molar-refractivity contribution in [1.82, 2.24) is 4.57 Å². The summed E-state index contributed by atoms with van der Waals surface area (Å²) in [5.41, 5.74) is 6.27. The maximum atomic E-state index is 14.0. The molecule has 0 N–H and O–H groups in total. The Bertz CT molecular complexity index is 1730. The number of fused-ring (bicyclic) bond motifs is 3. The second-order valence-electron chi connectivity index (χ2n) is 9.00. The van der Waals surface area contributed by atoms with Gasteiger partial charge in [0, 0.05) is 11.1 Å². The second-order valence-corrected chi connectivity index (χ2v) is 10.0. The van der Waals surface area contributed by atoms with Crippen molar-refractivity contribution >= 4 is 23.1 Å². The summed E-state index contributed by atoms with van der Waals surface area (Å²) < 4.78 is 18.9. The van der Waals surface area contributed by atoms with Gasteiger partial charge < -0.3 is 14.2 Å². The lowest BCUT2D eigenvalue weighted by Gasteiger charge is -2.31. The van der Waals surface area contributed by atoms with Gasteiger partial charge in [-0.15, -0.1) is 0 Å². The number of rotatable bonds is 5. The van der Waals surface area contributed by atoms with Gasteiger partial charge in [0.15, 0.2) is 4.80 Å². The Labute approximate surface area is 218 Å². The molecular weight excluding hydrogens is 484 g/mol. The number of allylic oxidation sites excluding steroid dienone is 1. The number of thiazole rings is 1. The lowest BCUT2D eigenvalue weighted by Crippen LogP contribution is -2.38. The Balaban J connectivity index is 1.62. The molecule has 2 aliphatic rings. The molecule has 0 bridgehead atoms. The third-order valence-corrected chi connectivity index (χ3v) is 7.99. The molecule has 186 valence electrons. The smallest absolute Gasteiger partial charge is 0.271 e. The molecule has 6 nitrogen and oxygen atoms in total. The lowest BCUT2D eigenvalue weighted by atomic mass is 9.83. The summed E-state index contributed by atoms with van der Waals surface area (Å²) in [6.07, 6.45) is 3.62. The van der Waals surface area contributed by atoms with Crippen molar-refractivity contribution in [2.45, 2.75) is 18.9 Å². The normalized spacial score (nSPS) is 16.4. The van der Waals surface area contributed by atoms with Crippen molar-refractivity contribution in [3.8, 4) is 17.2 Å². The quantitative estimate of drug-likeness (QED) is 0.401. The van der Waals surface area contributed by atoms with Gasteiger partial charge in [-0.05, 0) is 65.9 Å². The fraction of sp³-hybridized carbons (Fsp3) is 0.200. The third kappa shape index (κ3) is 3.96. The van der Waals surface area contributed by atoms with E-state index in [1.165, 1.54) is 16.9 Å². The highest BCUT2D eigenvalue weighted by molar-refractivity contribution is 7.07. The third-order valence-electron chi connectivity index (χ3n) is 7.01. The van der Waals surface area contributed by atoms with E-state index in [1.54, 1.807) is 21.3 Å². The van der Waals surface area contributed by atoms with Crippen LogP contribution >= 0.6 is 11.3 Å². The van der Waals surface area contributed by atoms with Crippen molar-refractivity contribution in [2.75, 3.05) is 21.3 Å². The van der Waals surface area contributed by atoms with E-state index in [-0.39, 0.29) is 11.6 Å². The van der Waals surface area contributed by atoms with E-state index < -0.39 is 0 Å². The van der Waals surface area contributed by atoms with Crippen LogP contribution in [0.5, 0.6) is 17.2 Å². The predicted molar refractivity (Wildman–Crippen MR) is 145 cm³/mol. The van der Waals surface area contributed by atoms with Crippen molar-refractivity contribution in [2.24, 2.45) is 4.99 Å². The van der Waals surface area contributed by atoms with E-state index in [9.17, 15) is 4.79 Å². The van der Waals surface area contributed by atoms with Crippen molar-refractivity contribution < 1.29 is 14.2 Å². The zero-order chi connectivity index (χ0) is 25.5. The molecule has 6 rings (SSSR count). The fourth-order valence-electron chi connectivity index (χ4n) is 5.23. The van der Waals surface area contributed by atoms with E-state index in [0.717, 1.165) is 46.6 Å². The monoisotopic (exact) mass is 510 g/mol. The highest BCUT2D eigenvalue weighted by Crippen LogP contribution is 2.41. The molecule has 0 saturated carbocycles. The number of aryl methyl sites for hydroxylation is 1. The molecule has 37 heavy (non-hydrogen) atoms. The highest BCUT2D eigenvalue weighted by atomic mass is 32.1. The standard InChI is InChI=1S/C30H26N2O4S/c1-34-21-9-6-8-19(15-21)28-24-13-11-18-7-4-5-10-23(18)27(24)31-30-32(28)29(33)26(37-30)17-20-16-22(35-2)12-14-25(20)36-3/h4-10,12,14-17,28H,11,13H2,1-3H3/b26-17+/t28-/m0/s1. The van der Waals surface area contributed by atoms with Gasteiger partial charge >= 0.3 is 0 Å². The summed E-state index contributed by atoms with van der Waals surface area (Å²) in [7, 11) is 4.90. The van der Waals surface area contributed by atoms with Crippen molar-refractivity contribution in [3.63, 3.8) is 0 Å². The number of nitrogens with zero attached hydrogens (tertiary/aromatic N) is 2. The minimum Gasteiger partial charge on any atom is -0.497 e. The Hall–Kier alpha value is -4.10. The second kappa shape index (κ2) is 9.41. The number of ether oxygens (including phenoxy) is 3. The summed E-state index contributed by atoms with van der Waals surface area (Å²) in [6, 6.07) is 21.7. The molecule has 0 saturated heterocycles. The summed E-state index contributed by atoms with van der Waals surface area (Å²) in [6.45, 7) is 0. The Morgan fingerprint density at radius 3 is 2.54 bits per heavy atom. The lowest BCUT2D eigenvalue weighted by molar-refractivity contribution is 0.402. The van der Waals surface area contributed by atoms with Crippen LogP contribution in [0.15, 0.2) is 82.1 Å². The first-order valence-corrected chi connectivity index (χ1v) is 12.9. The van der Waals surface area contributed by atoms with Gasteiger partial charge in [0.2, 0.25) is 0 Å². The summed E-state index contributed by atoms with van der Waals surface area (Å²) in [5.74, 6) is 2.13. The van der Waals surface area contributed by atoms with Crippen molar-refractivity contribution in [1.29, 1.82) is 0 Å². The van der Waals surface area contributed by atoms with E-state index in [1.807, 2.05) is 47.0 Å². The number of hydrogen-bond donors (Lipinski definition) is 0. The number of aromatic nitrogens is 1. The van der Waals surface area contributed by atoms with E-state index >= 15 is 0 Å². The van der Waals surface area contributed by atoms with Crippen molar-refractivity contribution in [3.05, 3.63) is 114 Å². The minimum atomic E-state index is -0.260. The molecule has 1 atom stereocenters. The Morgan fingerprint density at radius 2 is 1.73 bits per heavy atom. The van der Waals surface area contributed by atoms with E-state index in [4.69, 9.17) is 19.2 Å². The van der Waals surface area contributed by atoms with Crippen LogP contribution in [0.4, 0.5) is 0 Å². The molecular formula is C30H26N2O4S. The maximum Gasteiger partial charge on any atom is 0.271 e. The van der Waals surface area contributed by atoms with Gasteiger partial charge in [0.05, 0.1) is 37.6 Å². The van der Waals surface area contributed by atoms with Crippen LogP contribution in [0, 0.1) is 0 Å². The molecule has 0 fully saturated rings. The molecule has 2 heterocycles. The maximum absolute atomic E-state index is 14.0.